The highest BCUT2D eigenvalue weighted by atomic mass is 32.2. The van der Waals surface area contributed by atoms with E-state index in [2.05, 4.69) is 34.6 Å². The summed E-state index contributed by atoms with van der Waals surface area (Å²) in [6.07, 6.45) is 7.71. The van der Waals surface area contributed by atoms with Crippen LogP contribution >= 0.6 is 0 Å². The van der Waals surface area contributed by atoms with E-state index in [0.29, 0.717) is 39.9 Å². The maximum absolute atomic E-state index is 13.0. The van der Waals surface area contributed by atoms with Crippen LogP contribution in [0, 0.1) is 27.9 Å². The third kappa shape index (κ3) is 5.14. The second-order valence-corrected chi connectivity index (χ2v) is 17.5. The van der Waals surface area contributed by atoms with E-state index in [1.165, 1.54) is 50.2 Å². The molecule has 0 saturated heterocycles. The van der Waals surface area contributed by atoms with Crippen molar-refractivity contribution in [3.8, 4) is 0 Å². The van der Waals surface area contributed by atoms with Gasteiger partial charge in [0, 0.05) is 16.8 Å². The van der Waals surface area contributed by atoms with Crippen molar-refractivity contribution in [1.29, 1.82) is 4.78 Å². The molecule has 0 radical (unpaired) electrons. The molecule has 2 fully saturated rings. The van der Waals surface area contributed by atoms with Crippen molar-refractivity contribution in [2.24, 2.45) is 23.2 Å². The van der Waals surface area contributed by atoms with Crippen molar-refractivity contribution in [3.63, 3.8) is 0 Å². The highest BCUT2D eigenvalue weighted by Gasteiger charge is 2.53. The van der Waals surface area contributed by atoms with Crippen LogP contribution in [0.2, 0.25) is 18.1 Å². The van der Waals surface area contributed by atoms with Gasteiger partial charge >= 0.3 is 0 Å². The van der Waals surface area contributed by atoms with Crippen molar-refractivity contribution >= 4 is 18.0 Å². The summed E-state index contributed by atoms with van der Waals surface area (Å²) in [4.78, 5) is 0.684. The van der Waals surface area contributed by atoms with Gasteiger partial charge < -0.3 is 4.43 Å². The Morgan fingerprint density at radius 1 is 1.13 bits per heavy atom. The molecule has 0 bridgehead atoms. The SMILES string of the molecule is CC[Si](CC)(CC)OC1CCCC2(C)C(C(C)CCS(=N)(=O)c3ccccc3)CCC12. The van der Waals surface area contributed by atoms with E-state index in [9.17, 15) is 4.21 Å². The molecule has 176 valence electrons. The summed E-state index contributed by atoms with van der Waals surface area (Å²) in [6, 6.07) is 13.1. The predicted molar refractivity (Wildman–Crippen MR) is 134 cm³/mol. The molecule has 2 saturated carbocycles. The fourth-order valence-electron chi connectivity index (χ4n) is 6.87. The second-order valence-electron chi connectivity index (χ2n) is 10.5. The topological polar surface area (TPSA) is 50.1 Å². The predicted octanol–water partition coefficient (Wildman–Crippen LogP) is 7.73. The van der Waals surface area contributed by atoms with Gasteiger partial charge in [0.05, 0.1) is 9.73 Å². The molecule has 1 aromatic carbocycles. The summed E-state index contributed by atoms with van der Waals surface area (Å²) in [5.41, 5.74) is 0.341. The van der Waals surface area contributed by atoms with Gasteiger partial charge in [-0.3, -0.25) is 0 Å². The number of hydrogen-bond acceptors (Lipinski definition) is 3. The molecule has 1 aromatic rings. The normalized spacial score (nSPS) is 31.7. The van der Waals surface area contributed by atoms with Gasteiger partial charge in [0.1, 0.15) is 0 Å². The molecule has 0 aliphatic heterocycles. The Morgan fingerprint density at radius 2 is 1.77 bits per heavy atom. The van der Waals surface area contributed by atoms with Crippen molar-refractivity contribution in [2.45, 2.75) is 102 Å². The first-order valence-electron chi connectivity index (χ1n) is 12.7. The average molecular weight is 464 g/mol. The lowest BCUT2D eigenvalue weighted by Gasteiger charge is -2.49. The number of nitrogens with one attached hydrogen (secondary N) is 1. The summed E-state index contributed by atoms with van der Waals surface area (Å²) in [6.45, 7) is 11.9. The minimum atomic E-state index is -2.70. The average Bonchev–Trinajstić information content (AvgIpc) is 3.14. The first-order chi connectivity index (χ1) is 14.7. The quantitative estimate of drug-likeness (QED) is 0.361. The minimum absolute atomic E-state index is 0.341. The van der Waals surface area contributed by atoms with Gasteiger partial charge in [0.15, 0.2) is 8.32 Å². The molecule has 0 spiro atoms. The molecule has 3 rings (SSSR count). The fourth-order valence-corrected chi connectivity index (χ4v) is 11.3. The van der Waals surface area contributed by atoms with Gasteiger partial charge in [-0.2, -0.15) is 0 Å². The van der Waals surface area contributed by atoms with Crippen LogP contribution < -0.4 is 0 Å². The molecule has 0 heterocycles. The maximum Gasteiger partial charge on any atom is 0.192 e. The van der Waals surface area contributed by atoms with Crippen LogP contribution in [0.4, 0.5) is 0 Å². The fraction of sp³-hybridized carbons (Fsp3) is 0.769. The third-order valence-corrected chi connectivity index (χ3v) is 15.7. The molecule has 6 atom stereocenters. The van der Waals surface area contributed by atoms with Gasteiger partial charge in [-0.15, -0.1) is 0 Å². The molecule has 31 heavy (non-hydrogen) atoms. The maximum atomic E-state index is 13.0. The highest BCUT2D eigenvalue weighted by molar-refractivity contribution is 7.92. The highest BCUT2D eigenvalue weighted by Crippen LogP contribution is 2.59. The molecule has 0 amide bonds. The monoisotopic (exact) mass is 463 g/mol. The van der Waals surface area contributed by atoms with Gasteiger partial charge in [-0.25, -0.2) is 8.99 Å². The summed E-state index contributed by atoms with van der Waals surface area (Å²) in [5.74, 6) is 2.33. The van der Waals surface area contributed by atoms with E-state index in [-0.39, 0.29) is 0 Å². The minimum Gasteiger partial charge on any atom is -0.414 e. The van der Waals surface area contributed by atoms with E-state index in [1.54, 1.807) is 0 Å². The zero-order chi connectivity index (χ0) is 22.7. The Hall–Kier alpha value is -0.653. The smallest absolute Gasteiger partial charge is 0.192 e. The van der Waals surface area contributed by atoms with Crippen LogP contribution in [0.1, 0.15) is 73.1 Å². The molecule has 6 unspecified atom stereocenters. The first kappa shape index (κ1) is 25.0. The van der Waals surface area contributed by atoms with Crippen LogP contribution in [-0.2, 0) is 14.2 Å². The van der Waals surface area contributed by atoms with Crippen LogP contribution in [0.3, 0.4) is 0 Å². The Kier molecular flexibility index (Phi) is 8.13. The van der Waals surface area contributed by atoms with Crippen LogP contribution in [-0.4, -0.2) is 24.4 Å². The van der Waals surface area contributed by atoms with Crippen molar-refractivity contribution in [1.82, 2.24) is 0 Å². The lowest BCUT2D eigenvalue weighted by molar-refractivity contribution is -0.0196. The van der Waals surface area contributed by atoms with Gasteiger partial charge in [-0.05, 0) is 85.5 Å². The van der Waals surface area contributed by atoms with E-state index < -0.39 is 18.0 Å². The van der Waals surface area contributed by atoms with Crippen LogP contribution in [0.25, 0.3) is 0 Å². The van der Waals surface area contributed by atoms with Crippen LogP contribution in [0.15, 0.2) is 35.2 Å². The zero-order valence-electron chi connectivity index (χ0n) is 20.5. The summed E-state index contributed by atoms with van der Waals surface area (Å²) >= 11 is 0. The molecule has 1 N–H and O–H groups in total. The molecular formula is C26H45NO2SSi. The van der Waals surface area contributed by atoms with Gasteiger partial charge in [0.2, 0.25) is 0 Å². The zero-order valence-corrected chi connectivity index (χ0v) is 22.3. The third-order valence-electron chi connectivity index (χ3n) is 9.14. The second kappa shape index (κ2) is 10.1. The van der Waals surface area contributed by atoms with E-state index >= 15 is 0 Å². The van der Waals surface area contributed by atoms with E-state index in [4.69, 9.17) is 9.21 Å². The largest absolute Gasteiger partial charge is 0.414 e. The standard InChI is InChI=1S/C26H45NO2SSi/c1-6-31(7-2,8-3)29-25-15-12-19-26(5)23(16-17-24(25)26)21(4)18-20-30(27,28)22-13-10-9-11-14-22/h9-11,13-14,21,23-25,27H,6-8,12,15-20H2,1-5H3. The lowest BCUT2D eigenvalue weighted by Crippen LogP contribution is -2.48. The Labute approximate surface area is 192 Å². The Balaban J connectivity index is 1.68. The molecular weight excluding hydrogens is 418 g/mol. The molecule has 3 nitrogen and oxygen atoms in total. The number of fused-ring (bicyclic) bond motifs is 1. The van der Waals surface area contributed by atoms with Crippen molar-refractivity contribution in [2.75, 3.05) is 5.75 Å². The Bertz CT molecular complexity index is 800. The van der Waals surface area contributed by atoms with Crippen molar-refractivity contribution in [3.05, 3.63) is 30.3 Å². The lowest BCUT2D eigenvalue weighted by atomic mass is 9.61. The van der Waals surface area contributed by atoms with Crippen LogP contribution in [0.5, 0.6) is 0 Å². The van der Waals surface area contributed by atoms with E-state index in [1.807, 2.05) is 30.3 Å². The number of benzene rings is 1. The van der Waals surface area contributed by atoms with E-state index in [0.717, 1.165) is 6.42 Å². The van der Waals surface area contributed by atoms with Crippen molar-refractivity contribution < 1.29 is 8.63 Å². The van der Waals surface area contributed by atoms with Gasteiger partial charge in [0.25, 0.3) is 0 Å². The molecule has 2 aliphatic carbocycles. The molecule has 2 aliphatic rings. The summed E-state index contributed by atoms with van der Waals surface area (Å²) in [5, 5.41) is 0. The number of rotatable bonds is 10. The molecule has 0 aromatic heterocycles. The van der Waals surface area contributed by atoms with Gasteiger partial charge in [-0.1, -0.05) is 59.2 Å². The first-order valence-corrected chi connectivity index (χ1v) is 17.0. The Morgan fingerprint density at radius 3 is 2.39 bits per heavy atom. The molecule has 5 heteroatoms. The summed E-state index contributed by atoms with van der Waals surface area (Å²) in [7, 11) is -4.29. The number of hydrogen-bond donors (Lipinski definition) is 1. The summed E-state index contributed by atoms with van der Waals surface area (Å²) < 4.78 is 28.6.